The molecule has 1 aliphatic heterocycles. The molecule has 4 rings (SSSR count). The van der Waals surface area contributed by atoms with Gasteiger partial charge in [0.15, 0.2) is 5.65 Å². The Bertz CT molecular complexity index is 833. The van der Waals surface area contributed by atoms with Gasteiger partial charge < -0.3 is 10.1 Å². The van der Waals surface area contributed by atoms with E-state index in [1.165, 1.54) is 6.20 Å². The third-order valence-corrected chi connectivity index (χ3v) is 3.95. The molecule has 23 heavy (non-hydrogen) atoms. The van der Waals surface area contributed by atoms with Crippen molar-refractivity contribution < 1.29 is 9.53 Å². The summed E-state index contributed by atoms with van der Waals surface area (Å²) in [6.45, 7) is 0.609. The molecule has 116 valence electrons. The maximum atomic E-state index is 12.6. The lowest BCUT2D eigenvalue weighted by Gasteiger charge is -2.19. The van der Waals surface area contributed by atoms with Crippen molar-refractivity contribution in [2.24, 2.45) is 0 Å². The molecule has 1 saturated heterocycles. The largest absolute Gasteiger partial charge is 0.371 e. The molecule has 0 spiro atoms. The predicted octanol–water partition coefficient (Wildman–Crippen LogP) is 1.38. The highest BCUT2D eigenvalue weighted by atomic mass is 16.5. The monoisotopic (exact) mass is 309 g/mol. The molecule has 7 nitrogen and oxygen atoms in total. The maximum Gasteiger partial charge on any atom is 0.257 e. The fraction of sp³-hybridized carbons (Fsp3) is 0.250. The first-order valence-electron chi connectivity index (χ1n) is 7.44. The summed E-state index contributed by atoms with van der Waals surface area (Å²) in [6.07, 6.45) is 9.01. The van der Waals surface area contributed by atoms with Crippen molar-refractivity contribution in [3.63, 3.8) is 0 Å². The van der Waals surface area contributed by atoms with E-state index in [2.05, 4.69) is 20.4 Å². The SMILES string of the molecule is O=C(N[C@H]1CCO[C@@H]1c1cccnc1)c1cnn2cccnc12. The molecule has 7 heteroatoms. The van der Waals surface area contributed by atoms with Gasteiger partial charge in [-0.15, -0.1) is 0 Å². The van der Waals surface area contributed by atoms with Crippen molar-refractivity contribution in [3.05, 3.63) is 60.3 Å². The van der Waals surface area contributed by atoms with Crippen LogP contribution in [-0.4, -0.2) is 38.1 Å². The van der Waals surface area contributed by atoms with Crippen LogP contribution in [0.4, 0.5) is 0 Å². The van der Waals surface area contributed by atoms with Gasteiger partial charge in [0.2, 0.25) is 0 Å². The van der Waals surface area contributed by atoms with Gasteiger partial charge >= 0.3 is 0 Å². The highest BCUT2D eigenvalue weighted by Crippen LogP contribution is 2.28. The van der Waals surface area contributed by atoms with Crippen LogP contribution >= 0.6 is 0 Å². The van der Waals surface area contributed by atoms with Crippen LogP contribution in [0, 0.1) is 0 Å². The van der Waals surface area contributed by atoms with E-state index in [1.54, 1.807) is 35.4 Å². The van der Waals surface area contributed by atoms with E-state index in [0.717, 1.165) is 12.0 Å². The highest BCUT2D eigenvalue weighted by molar-refractivity contribution is 5.99. The van der Waals surface area contributed by atoms with Gasteiger partial charge in [0.1, 0.15) is 11.7 Å². The molecule has 3 aromatic rings. The lowest BCUT2D eigenvalue weighted by atomic mass is 10.0. The molecule has 0 radical (unpaired) electrons. The molecule has 0 saturated carbocycles. The van der Waals surface area contributed by atoms with Crippen LogP contribution in [0.25, 0.3) is 5.65 Å². The number of pyridine rings is 1. The van der Waals surface area contributed by atoms with E-state index in [9.17, 15) is 4.79 Å². The smallest absolute Gasteiger partial charge is 0.257 e. The standard InChI is InChI=1S/C16H15N5O2/c22-16(12-10-19-21-7-2-6-18-15(12)21)20-13-4-8-23-14(13)11-3-1-5-17-9-11/h1-3,5-7,9-10,13-14H,4,8H2,(H,20,22)/t13-,14+/m0/s1. The highest BCUT2D eigenvalue weighted by Gasteiger charge is 2.31. The molecule has 2 atom stereocenters. The summed E-state index contributed by atoms with van der Waals surface area (Å²) in [5, 5.41) is 7.18. The van der Waals surface area contributed by atoms with E-state index in [0.29, 0.717) is 17.8 Å². The normalized spacial score (nSPS) is 20.7. The first-order valence-corrected chi connectivity index (χ1v) is 7.44. The number of aromatic nitrogens is 4. The first kappa shape index (κ1) is 13.8. The Balaban J connectivity index is 1.56. The van der Waals surface area contributed by atoms with Crippen LogP contribution in [0.3, 0.4) is 0 Å². The van der Waals surface area contributed by atoms with Crippen molar-refractivity contribution in [1.82, 2.24) is 24.9 Å². The van der Waals surface area contributed by atoms with Crippen LogP contribution in [0.1, 0.15) is 28.4 Å². The van der Waals surface area contributed by atoms with Crippen molar-refractivity contribution in [2.45, 2.75) is 18.6 Å². The second kappa shape index (κ2) is 5.77. The summed E-state index contributed by atoms with van der Waals surface area (Å²) >= 11 is 0. The van der Waals surface area contributed by atoms with Crippen LogP contribution in [0.5, 0.6) is 0 Å². The second-order valence-electron chi connectivity index (χ2n) is 5.39. The minimum Gasteiger partial charge on any atom is -0.371 e. The third-order valence-electron chi connectivity index (χ3n) is 3.95. The van der Waals surface area contributed by atoms with Crippen molar-refractivity contribution in [3.8, 4) is 0 Å². The van der Waals surface area contributed by atoms with E-state index in [-0.39, 0.29) is 18.1 Å². The molecule has 0 unspecified atom stereocenters. The fourth-order valence-electron chi connectivity index (χ4n) is 2.84. The molecule has 3 aromatic heterocycles. The Labute approximate surface area is 132 Å². The number of hydrogen-bond donors (Lipinski definition) is 1. The van der Waals surface area contributed by atoms with Gasteiger partial charge in [0.05, 0.1) is 12.2 Å². The van der Waals surface area contributed by atoms with Gasteiger partial charge in [-0.3, -0.25) is 9.78 Å². The predicted molar refractivity (Wildman–Crippen MR) is 81.8 cm³/mol. The molecule has 0 aromatic carbocycles. The van der Waals surface area contributed by atoms with Crippen molar-refractivity contribution >= 4 is 11.6 Å². The number of fused-ring (bicyclic) bond motifs is 1. The summed E-state index contributed by atoms with van der Waals surface area (Å²) in [5.41, 5.74) is 1.97. The molecule has 0 bridgehead atoms. The number of carbonyl (C=O) groups is 1. The zero-order valence-electron chi connectivity index (χ0n) is 12.3. The molecular weight excluding hydrogens is 294 g/mol. The Morgan fingerprint density at radius 1 is 1.30 bits per heavy atom. The van der Waals surface area contributed by atoms with Crippen LogP contribution < -0.4 is 5.32 Å². The quantitative estimate of drug-likeness (QED) is 0.790. The number of amides is 1. The Morgan fingerprint density at radius 3 is 3.13 bits per heavy atom. The summed E-state index contributed by atoms with van der Waals surface area (Å²) in [5.74, 6) is -0.192. The summed E-state index contributed by atoms with van der Waals surface area (Å²) in [4.78, 5) is 20.9. The first-order chi connectivity index (χ1) is 11.3. The number of hydrogen-bond acceptors (Lipinski definition) is 5. The van der Waals surface area contributed by atoms with E-state index in [1.807, 2.05) is 12.1 Å². The number of nitrogens with zero attached hydrogens (tertiary/aromatic N) is 4. The number of rotatable bonds is 3. The zero-order valence-corrected chi connectivity index (χ0v) is 12.3. The molecular formula is C16H15N5O2. The minimum absolute atomic E-state index is 0.0923. The van der Waals surface area contributed by atoms with Gasteiger partial charge in [-0.2, -0.15) is 5.10 Å². The zero-order chi connectivity index (χ0) is 15.6. The van der Waals surface area contributed by atoms with E-state index in [4.69, 9.17) is 4.74 Å². The molecule has 4 heterocycles. The topological polar surface area (TPSA) is 81.4 Å². The Hall–Kier alpha value is -2.80. The molecule has 1 N–H and O–H groups in total. The maximum absolute atomic E-state index is 12.6. The van der Waals surface area contributed by atoms with E-state index < -0.39 is 0 Å². The minimum atomic E-state index is -0.192. The second-order valence-corrected chi connectivity index (χ2v) is 5.39. The number of ether oxygens (including phenoxy) is 1. The van der Waals surface area contributed by atoms with Crippen LogP contribution in [-0.2, 0) is 4.74 Å². The van der Waals surface area contributed by atoms with Crippen molar-refractivity contribution in [1.29, 1.82) is 0 Å². The van der Waals surface area contributed by atoms with Gasteiger partial charge in [-0.05, 0) is 18.6 Å². The molecule has 1 aliphatic rings. The van der Waals surface area contributed by atoms with E-state index >= 15 is 0 Å². The third kappa shape index (κ3) is 2.55. The van der Waals surface area contributed by atoms with Gasteiger partial charge in [-0.1, -0.05) is 6.07 Å². The molecule has 0 aliphatic carbocycles. The lowest BCUT2D eigenvalue weighted by molar-refractivity contribution is 0.0821. The Morgan fingerprint density at radius 2 is 2.26 bits per heavy atom. The number of carbonyl (C=O) groups excluding carboxylic acids is 1. The molecule has 1 amide bonds. The Kier molecular flexibility index (Phi) is 3.47. The average molecular weight is 309 g/mol. The summed E-state index contributed by atoms with van der Waals surface area (Å²) in [7, 11) is 0. The molecule has 1 fully saturated rings. The summed E-state index contributed by atoms with van der Waals surface area (Å²) < 4.78 is 7.35. The fourth-order valence-corrected chi connectivity index (χ4v) is 2.84. The van der Waals surface area contributed by atoms with Gasteiger partial charge in [0, 0.05) is 37.0 Å². The van der Waals surface area contributed by atoms with Gasteiger partial charge in [0.25, 0.3) is 5.91 Å². The van der Waals surface area contributed by atoms with Crippen LogP contribution in [0.15, 0.2) is 49.2 Å². The average Bonchev–Trinajstić information content (AvgIpc) is 3.22. The lowest BCUT2D eigenvalue weighted by Crippen LogP contribution is -2.36. The van der Waals surface area contributed by atoms with Crippen molar-refractivity contribution in [2.75, 3.05) is 6.61 Å². The number of nitrogens with one attached hydrogen (secondary N) is 1. The van der Waals surface area contributed by atoms with Gasteiger partial charge in [-0.25, -0.2) is 9.50 Å². The summed E-state index contributed by atoms with van der Waals surface area (Å²) in [6, 6.07) is 5.50. The van der Waals surface area contributed by atoms with Crippen LogP contribution in [0.2, 0.25) is 0 Å².